The highest BCUT2D eigenvalue weighted by Crippen LogP contribution is 2.58. The first-order valence-electron chi connectivity index (χ1n) is 23.0. The number of rotatable bonds is 6. The van der Waals surface area contributed by atoms with Crippen LogP contribution < -0.4 is 0 Å². The van der Waals surface area contributed by atoms with E-state index in [0.717, 1.165) is 33.5 Å². The van der Waals surface area contributed by atoms with Gasteiger partial charge in [0, 0.05) is 22.1 Å². The van der Waals surface area contributed by atoms with Crippen LogP contribution >= 0.6 is 0 Å². The highest BCUT2D eigenvalue weighted by molar-refractivity contribution is 6.06. The fraction of sp³-hybridized carbons (Fsp3) is 0.0625. The van der Waals surface area contributed by atoms with Gasteiger partial charge < -0.3 is 0 Å². The normalized spacial score (nSPS) is 13.8. The van der Waals surface area contributed by atoms with Crippen molar-refractivity contribution in [3.63, 3.8) is 0 Å². The zero-order valence-corrected chi connectivity index (χ0v) is 36.8. The monoisotopic (exact) mass is 840 g/mol. The van der Waals surface area contributed by atoms with E-state index >= 15 is 0 Å². The summed E-state index contributed by atoms with van der Waals surface area (Å²) >= 11 is 0. The van der Waals surface area contributed by atoms with Crippen molar-refractivity contribution in [2.24, 2.45) is 0 Å². The molecule has 0 amide bonds. The van der Waals surface area contributed by atoms with Crippen molar-refractivity contribution in [2.45, 2.75) is 24.7 Å². The third kappa shape index (κ3) is 5.55. The average molecular weight is 841 g/mol. The van der Waals surface area contributed by atoms with Crippen LogP contribution in [0.2, 0.25) is 0 Å². The van der Waals surface area contributed by atoms with Gasteiger partial charge in [0.05, 0.1) is 16.8 Å². The molecule has 0 saturated heterocycles. The SMILES string of the molecule is CC1(C)c2cc(-c3ccc(-c4cc(-c5cccc6c5-c5ccccc5C6(c5ccccc5)c5ccccc5)nc(-c5ccccc5)n4)c4ccccc34)ccc2-c2ccc3ccccc3c21. The van der Waals surface area contributed by atoms with Gasteiger partial charge in [-0.05, 0) is 100 Å². The lowest BCUT2D eigenvalue weighted by Gasteiger charge is -2.33. The Morgan fingerprint density at radius 2 is 0.879 bits per heavy atom. The summed E-state index contributed by atoms with van der Waals surface area (Å²) in [5.41, 5.74) is 19.6. The Morgan fingerprint density at radius 3 is 1.62 bits per heavy atom. The van der Waals surface area contributed by atoms with Gasteiger partial charge in [-0.15, -0.1) is 0 Å². The van der Waals surface area contributed by atoms with Gasteiger partial charge >= 0.3 is 0 Å². The molecule has 2 heteroatoms. The zero-order chi connectivity index (χ0) is 44.0. The molecule has 1 aromatic heterocycles. The molecule has 2 aliphatic rings. The minimum Gasteiger partial charge on any atom is -0.228 e. The first kappa shape index (κ1) is 38.3. The largest absolute Gasteiger partial charge is 0.228 e. The molecular weight excluding hydrogens is 797 g/mol. The van der Waals surface area contributed by atoms with E-state index in [9.17, 15) is 0 Å². The fourth-order valence-corrected chi connectivity index (χ4v) is 11.7. The Kier molecular flexibility index (Phi) is 8.51. The highest BCUT2D eigenvalue weighted by atomic mass is 14.9. The number of hydrogen-bond acceptors (Lipinski definition) is 2. The summed E-state index contributed by atoms with van der Waals surface area (Å²) in [5, 5.41) is 4.97. The van der Waals surface area contributed by atoms with E-state index in [1.165, 1.54) is 82.9 Å². The molecule has 0 saturated carbocycles. The molecule has 2 nitrogen and oxygen atoms in total. The quantitative estimate of drug-likeness (QED) is 0.167. The minimum absolute atomic E-state index is 0.150. The van der Waals surface area contributed by atoms with Crippen LogP contribution in [-0.4, -0.2) is 9.97 Å². The molecule has 2 aliphatic carbocycles. The molecule has 310 valence electrons. The van der Waals surface area contributed by atoms with Crippen molar-refractivity contribution in [3.8, 4) is 67.3 Å². The predicted octanol–water partition coefficient (Wildman–Crippen LogP) is 16.1. The topological polar surface area (TPSA) is 25.8 Å². The second-order valence-electron chi connectivity index (χ2n) is 18.4. The zero-order valence-electron chi connectivity index (χ0n) is 36.8. The first-order valence-corrected chi connectivity index (χ1v) is 23.0. The Morgan fingerprint density at radius 1 is 0.333 bits per heavy atom. The van der Waals surface area contributed by atoms with Crippen LogP contribution in [0, 0.1) is 0 Å². The molecule has 11 aromatic rings. The van der Waals surface area contributed by atoms with Crippen molar-refractivity contribution in [3.05, 3.63) is 264 Å². The van der Waals surface area contributed by atoms with Gasteiger partial charge in [0.25, 0.3) is 0 Å². The van der Waals surface area contributed by atoms with Crippen LogP contribution in [0.5, 0.6) is 0 Å². The smallest absolute Gasteiger partial charge is 0.160 e. The van der Waals surface area contributed by atoms with Crippen molar-refractivity contribution in [1.29, 1.82) is 0 Å². The van der Waals surface area contributed by atoms with Crippen molar-refractivity contribution in [2.75, 3.05) is 0 Å². The molecule has 13 rings (SSSR count). The van der Waals surface area contributed by atoms with Gasteiger partial charge in [-0.2, -0.15) is 0 Å². The van der Waals surface area contributed by atoms with Gasteiger partial charge in [0.1, 0.15) is 0 Å². The average Bonchev–Trinajstić information content (AvgIpc) is 3.82. The van der Waals surface area contributed by atoms with E-state index in [4.69, 9.17) is 9.97 Å². The van der Waals surface area contributed by atoms with Crippen molar-refractivity contribution >= 4 is 21.5 Å². The summed E-state index contributed by atoms with van der Waals surface area (Å²) in [6.07, 6.45) is 0. The maximum absolute atomic E-state index is 5.46. The predicted molar refractivity (Wildman–Crippen MR) is 274 cm³/mol. The first-order chi connectivity index (χ1) is 32.5. The lowest BCUT2D eigenvalue weighted by molar-refractivity contribution is 0.666. The molecule has 10 aromatic carbocycles. The van der Waals surface area contributed by atoms with E-state index in [1.54, 1.807) is 0 Å². The minimum atomic E-state index is -0.516. The Hall–Kier alpha value is -8.20. The molecule has 0 radical (unpaired) electrons. The number of fused-ring (bicyclic) bond motifs is 9. The van der Waals surface area contributed by atoms with E-state index < -0.39 is 5.41 Å². The van der Waals surface area contributed by atoms with E-state index in [0.29, 0.717) is 5.82 Å². The summed E-state index contributed by atoms with van der Waals surface area (Å²) < 4.78 is 0. The Balaban J connectivity index is 1.00. The molecule has 66 heavy (non-hydrogen) atoms. The van der Waals surface area contributed by atoms with Crippen molar-refractivity contribution < 1.29 is 0 Å². The molecule has 0 spiro atoms. The number of aromatic nitrogens is 2. The second kappa shape index (κ2) is 14.7. The van der Waals surface area contributed by atoms with Crippen LogP contribution in [0.4, 0.5) is 0 Å². The molecule has 0 unspecified atom stereocenters. The van der Waals surface area contributed by atoms with Gasteiger partial charge in [0.15, 0.2) is 5.82 Å². The van der Waals surface area contributed by atoms with Gasteiger partial charge in [0.2, 0.25) is 0 Å². The molecule has 0 bridgehead atoms. The van der Waals surface area contributed by atoms with Crippen LogP contribution in [0.25, 0.3) is 88.8 Å². The van der Waals surface area contributed by atoms with Crippen LogP contribution in [0.1, 0.15) is 47.2 Å². The Bertz CT molecular complexity index is 3680. The number of benzene rings is 10. The van der Waals surface area contributed by atoms with E-state index in [-0.39, 0.29) is 5.41 Å². The summed E-state index contributed by atoms with van der Waals surface area (Å²) in [6, 6.07) is 84.3. The van der Waals surface area contributed by atoms with Crippen molar-refractivity contribution in [1.82, 2.24) is 9.97 Å². The molecule has 0 aliphatic heterocycles. The summed E-state index contributed by atoms with van der Waals surface area (Å²) in [6.45, 7) is 4.77. The molecule has 0 atom stereocenters. The molecule has 0 fully saturated rings. The summed E-state index contributed by atoms with van der Waals surface area (Å²) in [7, 11) is 0. The fourth-order valence-electron chi connectivity index (χ4n) is 11.7. The molecular formula is C64H44N2. The molecule has 0 N–H and O–H groups in total. The third-order valence-electron chi connectivity index (χ3n) is 14.6. The maximum atomic E-state index is 5.46. The molecule has 1 heterocycles. The lowest BCUT2D eigenvalue weighted by atomic mass is 9.67. The van der Waals surface area contributed by atoms with Crippen LogP contribution in [0.15, 0.2) is 231 Å². The number of hydrogen-bond donors (Lipinski definition) is 0. The van der Waals surface area contributed by atoms with E-state index in [2.05, 4.69) is 244 Å². The van der Waals surface area contributed by atoms with Gasteiger partial charge in [-0.3, -0.25) is 0 Å². The Labute approximate surface area is 385 Å². The highest BCUT2D eigenvalue weighted by Gasteiger charge is 2.47. The van der Waals surface area contributed by atoms with Crippen LogP contribution in [-0.2, 0) is 10.8 Å². The third-order valence-corrected chi connectivity index (χ3v) is 14.6. The van der Waals surface area contributed by atoms with Gasteiger partial charge in [-0.25, -0.2) is 9.97 Å². The van der Waals surface area contributed by atoms with Crippen LogP contribution in [0.3, 0.4) is 0 Å². The number of nitrogens with zero attached hydrogens (tertiary/aromatic N) is 2. The maximum Gasteiger partial charge on any atom is 0.160 e. The van der Waals surface area contributed by atoms with Gasteiger partial charge in [-0.1, -0.05) is 232 Å². The summed E-state index contributed by atoms with van der Waals surface area (Å²) in [4.78, 5) is 10.9. The lowest BCUT2D eigenvalue weighted by Crippen LogP contribution is -2.28. The van der Waals surface area contributed by atoms with E-state index in [1.807, 2.05) is 0 Å². The second-order valence-corrected chi connectivity index (χ2v) is 18.4. The summed E-state index contributed by atoms with van der Waals surface area (Å²) in [5.74, 6) is 0.700. The standard InChI is InChI=1S/C64H44N2/c1-63(2)57-39-43(34-35-50(57)52-36-33-41-19-12-13-26-47(41)61(52)63)46-37-38-51(49-28-15-14-27-48(46)49)58-40-59(66-62(65-58)42-20-6-3-7-21-42)54-30-18-32-56-60(54)53-29-16-17-31-55(53)64(56,44-22-8-4-9-23-44)45-24-10-5-11-25-45/h3-40H,1-2H3.